The third-order valence-electron chi connectivity index (χ3n) is 5.54. The number of carbonyl (C=O) groups is 2. The molecule has 8 heteroatoms. The lowest BCUT2D eigenvalue weighted by Crippen LogP contribution is -2.52. The molecule has 1 saturated heterocycles. The number of carbonyl (C=O) groups excluding carboxylic acids is 2. The Morgan fingerprint density at radius 3 is 2.36 bits per heavy atom. The smallest absolute Gasteiger partial charge is 0.410 e. The topological polar surface area (TPSA) is 97.6 Å². The highest BCUT2D eigenvalue weighted by Gasteiger charge is 2.41. The molecule has 1 N–H and O–H groups in total. The lowest BCUT2D eigenvalue weighted by Gasteiger charge is -2.38. The van der Waals surface area contributed by atoms with E-state index in [-0.39, 0.29) is 17.9 Å². The molecule has 1 aromatic heterocycles. The standard InChI is InChI=1S/C20H32N4O4/c1-14-21-17(23-28-14)20(10-6-5-7-11-20)22-16(25)15-8-12-24(13-9-15)18(26)27-19(2,3)4/h15H,5-13H2,1-4H3,(H,22,25). The van der Waals surface area contributed by atoms with Crippen LogP contribution in [-0.4, -0.2) is 45.7 Å². The zero-order valence-corrected chi connectivity index (χ0v) is 17.4. The second-order valence-electron chi connectivity index (χ2n) is 9.01. The van der Waals surface area contributed by atoms with E-state index in [9.17, 15) is 9.59 Å². The number of nitrogens with one attached hydrogen (secondary N) is 1. The van der Waals surface area contributed by atoms with Crippen molar-refractivity contribution in [3.05, 3.63) is 11.7 Å². The van der Waals surface area contributed by atoms with E-state index in [0.29, 0.717) is 37.6 Å². The van der Waals surface area contributed by atoms with E-state index in [2.05, 4.69) is 15.5 Å². The first kappa shape index (κ1) is 20.6. The van der Waals surface area contributed by atoms with Crippen molar-refractivity contribution in [2.45, 2.75) is 83.8 Å². The van der Waals surface area contributed by atoms with Crippen molar-refractivity contribution in [2.75, 3.05) is 13.1 Å². The average Bonchev–Trinajstić information content (AvgIpc) is 3.08. The molecule has 28 heavy (non-hydrogen) atoms. The van der Waals surface area contributed by atoms with Crippen molar-refractivity contribution in [3.8, 4) is 0 Å². The lowest BCUT2D eigenvalue weighted by molar-refractivity contribution is -0.129. The zero-order chi connectivity index (χ0) is 20.4. The molecule has 1 aromatic rings. The van der Waals surface area contributed by atoms with E-state index in [1.807, 2.05) is 20.8 Å². The molecule has 2 amide bonds. The van der Waals surface area contributed by atoms with E-state index < -0.39 is 11.1 Å². The first-order chi connectivity index (χ1) is 13.2. The van der Waals surface area contributed by atoms with Crippen LogP contribution in [0, 0.1) is 12.8 Å². The number of aromatic nitrogens is 2. The van der Waals surface area contributed by atoms with E-state index in [1.54, 1.807) is 11.8 Å². The minimum atomic E-state index is -0.532. The fourth-order valence-corrected chi connectivity index (χ4v) is 4.04. The van der Waals surface area contributed by atoms with E-state index in [1.165, 1.54) is 0 Å². The molecule has 2 heterocycles. The van der Waals surface area contributed by atoms with Crippen LogP contribution in [0.15, 0.2) is 4.52 Å². The third kappa shape index (κ3) is 4.83. The van der Waals surface area contributed by atoms with Crippen molar-refractivity contribution in [1.29, 1.82) is 0 Å². The Bertz CT molecular complexity index is 695. The lowest BCUT2D eigenvalue weighted by atomic mass is 9.80. The minimum Gasteiger partial charge on any atom is -0.444 e. The first-order valence-corrected chi connectivity index (χ1v) is 10.3. The molecule has 3 rings (SSSR count). The normalized spacial score (nSPS) is 20.6. The van der Waals surface area contributed by atoms with Crippen LogP contribution in [0.3, 0.4) is 0 Å². The molecule has 2 fully saturated rings. The second-order valence-corrected chi connectivity index (χ2v) is 9.01. The largest absolute Gasteiger partial charge is 0.444 e. The summed E-state index contributed by atoms with van der Waals surface area (Å²) in [6.45, 7) is 8.39. The summed E-state index contributed by atoms with van der Waals surface area (Å²) in [4.78, 5) is 31.3. The highest BCUT2D eigenvalue weighted by atomic mass is 16.6. The SMILES string of the molecule is Cc1nc(C2(NC(=O)C3CCN(C(=O)OC(C)(C)C)CC3)CCCCC2)no1. The van der Waals surface area contributed by atoms with Gasteiger partial charge in [0.1, 0.15) is 11.1 Å². The van der Waals surface area contributed by atoms with Crippen LogP contribution in [0.2, 0.25) is 0 Å². The van der Waals surface area contributed by atoms with Gasteiger partial charge < -0.3 is 19.5 Å². The van der Waals surface area contributed by atoms with Crippen LogP contribution < -0.4 is 5.32 Å². The molecule has 0 radical (unpaired) electrons. The summed E-state index contributed by atoms with van der Waals surface area (Å²) in [5.74, 6) is 1.00. The summed E-state index contributed by atoms with van der Waals surface area (Å²) in [6, 6.07) is 0. The third-order valence-corrected chi connectivity index (χ3v) is 5.54. The number of aryl methyl sites for hydroxylation is 1. The Kier molecular flexibility index (Phi) is 5.95. The molecule has 1 saturated carbocycles. The van der Waals surface area contributed by atoms with Crippen LogP contribution in [0.5, 0.6) is 0 Å². The van der Waals surface area contributed by atoms with Crippen molar-refractivity contribution >= 4 is 12.0 Å². The fourth-order valence-electron chi connectivity index (χ4n) is 4.04. The van der Waals surface area contributed by atoms with Crippen molar-refractivity contribution in [3.63, 3.8) is 0 Å². The van der Waals surface area contributed by atoms with Gasteiger partial charge in [0.25, 0.3) is 0 Å². The molecule has 1 aliphatic heterocycles. The number of hydrogen-bond donors (Lipinski definition) is 1. The van der Waals surface area contributed by atoms with Gasteiger partial charge in [-0.25, -0.2) is 4.79 Å². The monoisotopic (exact) mass is 392 g/mol. The molecule has 0 unspecified atom stereocenters. The molecule has 0 spiro atoms. The second kappa shape index (κ2) is 8.09. The number of hydrogen-bond acceptors (Lipinski definition) is 6. The van der Waals surface area contributed by atoms with E-state index >= 15 is 0 Å². The number of likely N-dealkylation sites (tertiary alicyclic amines) is 1. The summed E-state index contributed by atoms with van der Waals surface area (Å²) in [5, 5.41) is 7.36. The summed E-state index contributed by atoms with van der Waals surface area (Å²) < 4.78 is 10.6. The summed E-state index contributed by atoms with van der Waals surface area (Å²) >= 11 is 0. The Morgan fingerprint density at radius 1 is 1.18 bits per heavy atom. The number of ether oxygens (including phenoxy) is 1. The molecule has 2 aliphatic rings. The Morgan fingerprint density at radius 2 is 1.82 bits per heavy atom. The number of nitrogens with zero attached hydrogens (tertiary/aromatic N) is 3. The molecular formula is C20H32N4O4. The van der Waals surface area contributed by atoms with Crippen LogP contribution in [0.25, 0.3) is 0 Å². The van der Waals surface area contributed by atoms with Gasteiger partial charge in [-0.2, -0.15) is 4.98 Å². The van der Waals surface area contributed by atoms with Gasteiger partial charge in [0.15, 0.2) is 5.82 Å². The molecule has 1 aliphatic carbocycles. The maximum atomic E-state index is 13.0. The molecule has 0 atom stereocenters. The molecular weight excluding hydrogens is 360 g/mol. The van der Waals surface area contributed by atoms with Gasteiger partial charge >= 0.3 is 6.09 Å². The van der Waals surface area contributed by atoms with Gasteiger partial charge in [-0.15, -0.1) is 0 Å². The number of piperidine rings is 1. The number of rotatable bonds is 3. The summed E-state index contributed by atoms with van der Waals surface area (Å²) in [7, 11) is 0. The van der Waals surface area contributed by atoms with Gasteiger partial charge in [-0.05, 0) is 46.5 Å². The van der Waals surface area contributed by atoms with Crippen LogP contribution in [0.1, 0.15) is 77.4 Å². The van der Waals surface area contributed by atoms with E-state index in [0.717, 1.165) is 32.1 Å². The van der Waals surface area contributed by atoms with Gasteiger partial charge in [0.2, 0.25) is 11.8 Å². The molecule has 8 nitrogen and oxygen atoms in total. The highest BCUT2D eigenvalue weighted by Crippen LogP contribution is 2.36. The first-order valence-electron chi connectivity index (χ1n) is 10.3. The maximum absolute atomic E-state index is 13.0. The summed E-state index contributed by atoms with van der Waals surface area (Å²) in [6.07, 6.45) is 5.83. The molecule has 156 valence electrons. The van der Waals surface area contributed by atoms with Gasteiger partial charge in [-0.3, -0.25) is 4.79 Å². The Balaban J connectivity index is 1.60. The van der Waals surface area contributed by atoms with Crippen molar-refractivity contribution < 1.29 is 18.8 Å². The van der Waals surface area contributed by atoms with Crippen LogP contribution >= 0.6 is 0 Å². The van der Waals surface area contributed by atoms with Crippen LogP contribution in [0.4, 0.5) is 4.79 Å². The van der Waals surface area contributed by atoms with Crippen molar-refractivity contribution in [1.82, 2.24) is 20.4 Å². The summed E-state index contributed by atoms with van der Waals surface area (Å²) in [5.41, 5.74) is -1.04. The molecule has 0 bridgehead atoms. The zero-order valence-electron chi connectivity index (χ0n) is 17.4. The van der Waals surface area contributed by atoms with Gasteiger partial charge in [-0.1, -0.05) is 24.4 Å². The maximum Gasteiger partial charge on any atom is 0.410 e. The Hall–Kier alpha value is -2.12. The average molecular weight is 393 g/mol. The van der Waals surface area contributed by atoms with Crippen molar-refractivity contribution in [2.24, 2.45) is 5.92 Å². The predicted octanol–water partition coefficient (Wildman–Crippen LogP) is 3.30. The Labute approximate surface area is 166 Å². The van der Waals surface area contributed by atoms with E-state index in [4.69, 9.17) is 9.26 Å². The predicted molar refractivity (Wildman–Crippen MR) is 102 cm³/mol. The van der Waals surface area contributed by atoms with Gasteiger partial charge in [0.05, 0.1) is 0 Å². The fraction of sp³-hybridized carbons (Fsp3) is 0.800. The molecule has 0 aromatic carbocycles. The van der Waals surface area contributed by atoms with Gasteiger partial charge in [0, 0.05) is 25.9 Å². The van der Waals surface area contributed by atoms with Crippen LogP contribution in [-0.2, 0) is 15.1 Å². The minimum absolute atomic E-state index is 0.0215. The highest BCUT2D eigenvalue weighted by molar-refractivity contribution is 5.80. The quantitative estimate of drug-likeness (QED) is 0.847. The number of amides is 2.